The molecule has 1 atom stereocenters. The Balaban J connectivity index is 1.96. The number of benzene rings is 3. The van der Waals surface area contributed by atoms with Gasteiger partial charge < -0.3 is 5.11 Å². The van der Waals surface area contributed by atoms with Gasteiger partial charge in [0.15, 0.2) is 0 Å². The quantitative estimate of drug-likeness (QED) is 0.339. The number of hydrogen-bond donors (Lipinski definition) is 1. The number of allylic oxidation sites excluding steroid dienone is 1. The van der Waals surface area contributed by atoms with Crippen LogP contribution in [-0.2, 0) is 12.8 Å². The maximum atomic E-state index is 13.4. The number of phenolic OH excluding ortho intramolecular Hbond substituents is 1. The van der Waals surface area contributed by atoms with Gasteiger partial charge in [0.2, 0.25) is 0 Å². The van der Waals surface area contributed by atoms with E-state index in [2.05, 4.69) is 49.7 Å². The fourth-order valence-electron chi connectivity index (χ4n) is 4.46. The van der Waals surface area contributed by atoms with Gasteiger partial charge in [-0.1, -0.05) is 74.5 Å². The average molecular weight is 439 g/mol. The van der Waals surface area contributed by atoms with E-state index < -0.39 is 0 Å². The molecule has 0 saturated carbocycles. The molecular formula is C29H30N2O2. The van der Waals surface area contributed by atoms with Gasteiger partial charge in [-0.05, 0) is 48.9 Å². The van der Waals surface area contributed by atoms with Crippen LogP contribution in [0.2, 0.25) is 0 Å². The van der Waals surface area contributed by atoms with E-state index in [1.54, 1.807) is 16.7 Å². The summed E-state index contributed by atoms with van der Waals surface area (Å²) in [6, 6.07) is 21.7. The molecule has 0 bridgehead atoms. The molecule has 1 unspecified atom stereocenters. The number of nitrogens with zero attached hydrogens (tertiary/aromatic N) is 2. The van der Waals surface area contributed by atoms with Gasteiger partial charge in [0.05, 0.1) is 11.2 Å². The van der Waals surface area contributed by atoms with Crippen molar-refractivity contribution in [2.24, 2.45) is 0 Å². The molecule has 3 aromatic carbocycles. The lowest BCUT2D eigenvalue weighted by atomic mass is 9.96. The predicted molar refractivity (Wildman–Crippen MR) is 136 cm³/mol. The molecule has 0 amide bonds. The lowest BCUT2D eigenvalue weighted by Gasteiger charge is -2.21. The minimum absolute atomic E-state index is 0.103. The van der Waals surface area contributed by atoms with E-state index in [4.69, 9.17) is 0 Å². The first-order valence-corrected chi connectivity index (χ1v) is 11.4. The fraction of sp³-hybridized carbons (Fsp3) is 0.241. The molecule has 4 heteroatoms. The molecular weight excluding hydrogens is 408 g/mol. The van der Waals surface area contributed by atoms with E-state index in [1.807, 2.05) is 43.3 Å². The Morgan fingerprint density at radius 1 is 1.00 bits per heavy atom. The van der Waals surface area contributed by atoms with Crippen LogP contribution in [0.5, 0.6) is 5.75 Å². The summed E-state index contributed by atoms with van der Waals surface area (Å²) in [5.74, 6) is 0.598. The standard InChI is InChI=1S/C29H30N2O2/c1-5-9-24-26(32)17-16-25-27(24)28(23-14-12-22(13-15-23)19(2)3)30-29(33)31(25)20(4)18-21-10-7-6-8-11-21/h5-8,10-17,19-20,32H,1,9,18H2,2-4H3. The van der Waals surface area contributed by atoms with Gasteiger partial charge in [-0.15, -0.1) is 6.58 Å². The zero-order chi connectivity index (χ0) is 23.5. The Kier molecular flexibility index (Phi) is 6.45. The zero-order valence-corrected chi connectivity index (χ0v) is 19.5. The minimum Gasteiger partial charge on any atom is -0.508 e. The molecule has 1 aromatic heterocycles. The Labute approximate surface area is 194 Å². The summed E-state index contributed by atoms with van der Waals surface area (Å²) >= 11 is 0. The lowest BCUT2D eigenvalue weighted by molar-refractivity contribution is 0.470. The van der Waals surface area contributed by atoms with Gasteiger partial charge in [-0.2, -0.15) is 4.98 Å². The summed E-state index contributed by atoms with van der Waals surface area (Å²) < 4.78 is 1.75. The first-order valence-electron chi connectivity index (χ1n) is 11.4. The van der Waals surface area contributed by atoms with Crippen LogP contribution in [0, 0.1) is 0 Å². The third kappa shape index (κ3) is 4.47. The van der Waals surface area contributed by atoms with Gasteiger partial charge in [0.25, 0.3) is 0 Å². The lowest BCUT2D eigenvalue weighted by Crippen LogP contribution is -2.28. The van der Waals surface area contributed by atoms with Gasteiger partial charge in [-0.3, -0.25) is 4.57 Å². The first kappa shape index (κ1) is 22.5. The molecule has 0 fully saturated rings. The second-order valence-electron chi connectivity index (χ2n) is 8.88. The third-order valence-electron chi connectivity index (χ3n) is 6.19. The maximum absolute atomic E-state index is 13.4. The van der Waals surface area contributed by atoms with Crippen LogP contribution in [0.15, 0.2) is 84.2 Å². The normalized spacial score (nSPS) is 12.2. The highest BCUT2D eigenvalue weighted by molar-refractivity contribution is 5.96. The molecule has 1 heterocycles. The molecule has 168 valence electrons. The molecule has 0 saturated heterocycles. The molecule has 0 aliphatic rings. The predicted octanol–water partition coefficient (Wildman–Crippen LogP) is 6.42. The summed E-state index contributed by atoms with van der Waals surface area (Å²) in [6.07, 6.45) is 2.95. The molecule has 33 heavy (non-hydrogen) atoms. The van der Waals surface area contributed by atoms with E-state index >= 15 is 0 Å². The van der Waals surface area contributed by atoms with Crippen LogP contribution >= 0.6 is 0 Å². The van der Waals surface area contributed by atoms with Crippen LogP contribution in [0.25, 0.3) is 22.2 Å². The van der Waals surface area contributed by atoms with E-state index in [0.717, 1.165) is 27.6 Å². The first-order chi connectivity index (χ1) is 15.9. The largest absolute Gasteiger partial charge is 0.508 e. The van der Waals surface area contributed by atoms with Crippen molar-refractivity contribution in [1.82, 2.24) is 9.55 Å². The smallest absolute Gasteiger partial charge is 0.348 e. The highest BCUT2D eigenvalue weighted by atomic mass is 16.3. The molecule has 0 radical (unpaired) electrons. The monoisotopic (exact) mass is 438 g/mol. The number of hydrogen-bond acceptors (Lipinski definition) is 3. The van der Waals surface area contributed by atoms with E-state index in [9.17, 15) is 9.90 Å². The van der Waals surface area contributed by atoms with Gasteiger partial charge >= 0.3 is 5.69 Å². The molecule has 0 aliphatic carbocycles. The second-order valence-corrected chi connectivity index (χ2v) is 8.88. The van der Waals surface area contributed by atoms with Crippen LogP contribution < -0.4 is 5.69 Å². The molecule has 1 N–H and O–H groups in total. The van der Waals surface area contributed by atoms with Crippen molar-refractivity contribution >= 4 is 10.9 Å². The highest BCUT2D eigenvalue weighted by Crippen LogP contribution is 2.35. The Morgan fingerprint density at radius 2 is 1.70 bits per heavy atom. The number of phenols is 1. The topological polar surface area (TPSA) is 55.1 Å². The van der Waals surface area contributed by atoms with Gasteiger partial charge in [0.1, 0.15) is 5.75 Å². The fourth-order valence-corrected chi connectivity index (χ4v) is 4.46. The number of fused-ring (bicyclic) bond motifs is 1. The van der Waals surface area contributed by atoms with Crippen molar-refractivity contribution in [2.75, 3.05) is 0 Å². The Hall–Kier alpha value is -3.66. The van der Waals surface area contributed by atoms with Crippen LogP contribution in [0.3, 0.4) is 0 Å². The number of aromatic hydroxyl groups is 1. The second kappa shape index (κ2) is 9.45. The molecule has 0 spiro atoms. The SMILES string of the molecule is C=CCc1c(O)ccc2c1c(-c1ccc(C(C)C)cc1)nc(=O)n2C(C)Cc1ccccc1. The van der Waals surface area contributed by atoms with Gasteiger partial charge in [0, 0.05) is 22.6 Å². The summed E-state index contributed by atoms with van der Waals surface area (Å²) in [5.41, 5.74) is 5.06. The highest BCUT2D eigenvalue weighted by Gasteiger charge is 2.20. The van der Waals surface area contributed by atoms with Crippen molar-refractivity contribution in [2.45, 2.75) is 45.6 Å². The molecule has 0 aliphatic heterocycles. The Bertz CT molecular complexity index is 1340. The van der Waals surface area contributed by atoms with Crippen molar-refractivity contribution in [3.8, 4) is 17.0 Å². The van der Waals surface area contributed by atoms with E-state index in [1.165, 1.54) is 5.56 Å². The summed E-state index contributed by atoms with van der Waals surface area (Å²) in [7, 11) is 0. The summed E-state index contributed by atoms with van der Waals surface area (Å²) in [6.45, 7) is 10.2. The zero-order valence-electron chi connectivity index (χ0n) is 19.5. The van der Waals surface area contributed by atoms with Gasteiger partial charge in [-0.25, -0.2) is 4.79 Å². The van der Waals surface area contributed by atoms with Crippen LogP contribution in [-0.4, -0.2) is 14.7 Å². The number of rotatable bonds is 7. The van der Waals surface area contributed by atoms with E-state index in [-0.39, 0.29) is 17.5 Å². The summed E-state index contributed by atoms with van der Waals surface area (Å²) in [5, 5.41) is 11.5. The minimum atomic E-state index is -0.288. The van der Waals surface area contributed by atoms with Crippen molar-refractivity contribution < 1.29 is 5.11 Å². The van der Waals surface area contributed by atoms with Crippen LogP contribution in [0.1, 0.15) is 49.4 Å². The number of aromatic nitrogens is 2. The Morgan fingerprint density at radius 3 is 2.33 bits per heavy atom. The molecule has 4 rings (SSSR count). The maximum Gasteiger partial charge on any atom is 0.348 e. The van der Waals surface area contributed by atoms with Crippen molar-refractivity contribution in [3.05, 3.63) is 107 Å². The van der Waals surface area contributed by atoms with Crippen molar-refractivity contribution in [1.29, 1.82) is 0 Å². The van der Waals surface area contributed by atoms with Crippen molar-refractivity contribution in [3.63, 3.8) is 0 Å². The third-order valence-corrected chi connectivity index (χ3v) is 6.19. The molecule has 4 aromatic rings. The van der Waals surface area contributed by atoms with E-state index in [0.29, 0.717) is 24.5 Å². The molecule has 4 nitrogen and oxygen atoms in total. The average Bonchev–Trinajstić information content (AvgIpc) is 2.81. The summed E-state index contributed by atoms with van der Waals surface area (Å²) in [4.78, 5) is 17.9. The van der Waals surface area contributed by atoms with Crippen LogP contribution in [0.4, 0.5) is 0 Å².